The molecule has 0 aliphatic rings. The van der Waals surface area contributed by atoms with Crippen molar-refractivity contribution in [3.8, 4) is 0 Å². The molecule has 0 fully saturated rings. The maximum absolute atomic E-state index is 5.86. The molecular formula is C10H22N2O. The molecule has 0 aromatic rings. The van der Waals surface area contributed by atoms with E-state index >= 15 is 0 Å². The van der Waals surface area contributed by atoms with E-state index in [4.69, 9.17) is 10.5 Å². The summed E-state index contributed by atoms with van der Waals surface area (Å²) in [6.07, 6.45) is 0. The van der Waals surface area contributed by atoms with E-state index in [2.05, 4.69) is 25.8 Å². The Morgan fingerprint density at radius 3 is 2.00 bits per heavy atom. The van der Waals surface area contributed by atoms with E-state index in [1.165, 1.54) is 0 Å². The summed E-state index contributed by atoms with van der Waals surface area (Å²) in [5.41, 5.74) is 5.57. The van der Waals surface area contributed by atoms with Crippen LogP contribution in [0.2, 0.25) is 0 Å². The lowest BCUT2D eigenvalue weighted by Gasteiger charge is -2.24. The van der Waals surface area contributed by atoms with Crippen LogP contribution in [0.3, 0.4) is 0 Å². The van der Waals surface area contributed by atoms with Crippen molar-refractivity contribution in [3.05, 3.63) is 0 Å². The van der Waals surface area contributed by atoms with Crippen molar-refractivity contribution < 1.29 is 4.74 Å². The lowest BCUT2D eigenvalue weighted by atomic mass is 9.94. The molecule has 0 aromatic heterocycles. The molecule has 0 saturated carbocycles. The molecule has 0 aliphatic carbocycles. The van der Waals surface area contributed by atoms with Crippen LogP contribution >= 0.6 is 0 Å². The van der Waals surface area contributed by atoms with Gasteiger partial charge in [0.25, 0.3) is 0 Å². The summed E-state index contributed by atoms with van der Waals surface area (Å²) in [4.78, 5) is 4.44. The van der Waals surface area contributed by atoms with Gasteiger partial charge in [0.2, 0.25) is 0 Å². The fourth-order valence-electron chi connectivity index (χ4n) is 0.879. The van der Waals surface area contributed by atoms with E-state index in [1.54, 1.807) is 7.11 Å². The van der Waals surface area contributed by atoms with Gasteiger partial charge < -0.3 is 10.5 Å². The van der Waals surface area contributed by atoms with Crippen LogP contribution < -0.4 is 5.73 Å². The van der Waals surface area contributed by atoms with Crippen LogP contribution in [0.4, 0.5) is 0 Å². The number of methoxy groups -OCH3 is 1. The third-order valence-electron chi connectivity index (χ3n) is 1.69. The summed E-state index contributed by atoms with van der Waals surface area (Å²) < 4.78 is 5.06. The molecule has 0 unspecified atom stereocenters. The number of hydrogen-bond donors (Lipinski definition) is 1. The van der Waals surface area contributed by atoms with E-state index in [0.717, 1.165) is 0 Å². The number of hydrogen-bond acceptors (Lipinski definition) is 2. The molecule has 0 bridgehead atoms. The molecule has 0 aliphatic heterocycles. The summed E-state index contributed by atoms with van der Waals surface area (Å²) in [6, 6.07) is 0. The molecule has 2 N–H and O–H groups in total. The molecule has 0 atom stereocenters. The molecule has 0 spiro atoms. The van der Waals surface area contributed by atoms with Crippen molar-refractivity contribution in [1.82, 2.24) is 0 Å². The predicted molar refractivity (Wildman–Crippen MR) is 57.0 cm³/mol. The largest absolute Gasteiger partial charge is 0.387 e. The number of ether oxygens (including phenoxy) is 1. The SMILES string of the molecule is COCC(C)(C)N=C(N)C(C)(C)C. The van der Waals surface area contributed by atoms with Crippen LogP contribution in [0.25, 0.3) is 0 Å². The summed E-state index contributed by atoms with van der Waals surface area (Å²) >= 11 is 0. The summed E-state index contributed by atoms with van der Waals surface area (Å²) in [5, 5.41) is 0. The first-order chi connectivity index (χ1) is 5.69. The molecule has 13 heavy (non-hydrogen) atoms. The number of nitrogens with zero attached hydrogens (tertiary/aromatic N) is 1. The second-order valence-corrected chi connectivity index (χ2v) is 4.99. The van der Waals surface area contributed by atoms with Gasteiger partial charge in [-0.05, 0) is 13.8 Å². The van der Waals surface area contributed by atoms with Gasteiger partial charge in [-0.1, -0.05) is 20.8 Å². The minimum absolute atomic E-state index is 0.0645. The lowest BCUT2D eigenvalue weighted by Crippen LogP contribution is -2.35. The number of aliphatic imine (C=N–C) groups is 1. The zero-order chi connectivity index (χ0) is 10.7. The molecule has 0 radical (unpaired) electrons. The second kappa shape index (κ2) is 4.09. The van der Waals surface area contributed by atoms with E-state index in [9.17, 15) is 0 Å². The first kappa shape index (κ1) is 12.4. The highest BCUT2D eigenvalue weighted by Gasteiger charge is 2.21. The Kier molecular flexibility index (Phi) is 3.91. The fraction of sp³-hybridized carbons (Fsp3) is 0.900. The summed E-state index contributed by atoms with van der Waals surface area (Å²) in [5.74, 6) is 0.676. The molecule has 0 saturated heterocycles. The minimum atomic E-state index is -0.230. The maximum Gasteiger partial charge on any atom is 0.0999 e. The van der Waals surface area contributed by atoms with Gasteiger partial charge in [0.05, 0.1) is 18.0 Å². The van der Waals surface area contributed by atoms with Crippen molar-refractivity contribution in [2.75, 3.05) is 13.7 Å². The second-order valence-electron chi connectivity index (χ2n) is 4.99. The van der Waals surface area contributed by atoms with Gasteiger partial charge in [-0.15, -0.1) is 0 Å². The molecule has 0 heterocycles. The van der Waals surface area contributed by atoms with E-state index in [0.29, 0.717) is 12.4 Å². The molecule has 0 rings (SSSR count). The molecule has 0 aromatic carbocycles. The number of rotatable bonds is 3. The monoisotopic (exact) mass is 186 g/mol. The van der Waals surface area contributed by atoms with E-state index < -0.39 is 0 Å². The van der Waals surface area contributed by atoms with Crippen LogP contribution in [-0.2, 0) is 4.74 Å². The zero-order valence-corrected chi connectivity index (χ0v) is 9.64. The Labute approximate surface area is 81.4 Å². The first-order valence-electron chi connectivity index (χ1n) is 4.54. The first-order valence-corrected chi connectivity index (χ1v) is 4.54. The minimum Gasteiger partial charge on any atom is -0.387 e. The standard InChI is InChI=1S/C10H22N2O/c1-9(2,3)8(11)12-10(4,5)7-13-6/h7H2,1-6H3,(H2,11,12). The lowest BCUT2D eigenvalue weighted by molar-refractivity contribution is 0.150. The van der Waals surface area contributed by atoms with Gasteiger partial charge in [-0.2, -0.15) is 0 Å². The summed E-state index contributed by atoms with van der Waals surface area (Å²) in [7, 11) is 1.67. The summed E-state index contributed by atoms with van der Waals surface area (Å²) in [6.45, 7) is 10.8. The average Bonchev–Trinajstić information content (AvgIpc) is 1.83. The van der Waals surface area contributed by atoms with Gasteiger partial charge in [0.15, 0.2) is 0 Å². The molecule has 3 nitrogen and oxygen atoms in total. The highest BCUT2D eigenvalue weighted by molar-refractivity contribution is 5.85. The molecule has 78 valence electrons. The van der Waals surface area contributed by atoms with Gasteiger partial charge in [-0.3, -0.25) is 4.99 Å². The highest BCUT2D eigenvalue weighted by atomic mass is 16.5. The fourth-order valence-corrected chi connectivity index (χ4v) is 0.879. The van der Waals surface area contributed by atoms with E-state index in [-0.39, 0.29) is 11.0 Å². The van der Waals surface area contributed by atoms with Crippen molar-refractivity contribution in [2.24, 2.45) is 16.1 Å². The van der Waals surface area contributed by atoms with Crippen molar-refractivity contribution >= 4 is 5.84 Å². The third kappa shape index (κ3) is 4.88. The highest BCUT2D eigenvalue weighted by Crippen LogP contribution is 2.17. The maximum atomic E-state index is 5.86. The Morgan fingerprint density at radius 1 is 1.23 bits per heavy atom. The molecule has 3 heteroatoms. The smallest absolute Gasteiger partial charge is 0.0999 e. The average molecular weight is 186 g/mol. The van der Waals surface area contributed by atoms with Crippen LogP contribution in [0.15, 0.2) is 4.99 Å². The van der Waals surface area contributed by atoms with E-state index in [1.807, 2.05) is 13.8 Å². The van der Waals surface area contributed by atoms with Crippen molar-refractivity contribution in [2.45, 2.75) is 40.2 Å². The van der Waals surface area contributed by atoms with Gasteiger partial charge in [-0.25, -0.2) is 0 Å². The quantitative estimate of drug-likeness (QED) is 0.540. The molecule has 0 amide bonds. The Hall–Kier alpha value is -0.570. The predicted octanol–water partition coefficient (Wildman–Crippen LogP) is 1.81. The number of nitrogens with two attached hydrogens (primary N) is 1. The number of amidine groups is 1. The van der Waals surface area contributed by atoms with Crippen molar-refractivity contribution in [1.29, 1.82) is 0 Å². The van der Waals surface area contributed by atoms with Gasteiger partial charge in [0.1, 0.15) is 0 Å². The van der Waals surface area contributed by atoms with Gasteiger partial charge >= 0.3 is 0 Å². The topological polar surface area (TPSA) is 47.6 Å². The Balaban J connectivity index is 4.54. The van der Waals surface area contributed by atoms with Crippen LogP contribution in [-0.4, -0.2) is 25.1 Å². The van der Waals surface area contributed by atoms with Crippen LogP contribution in [0, 0.1) is 5.41 Å². The van der Waals surface area contributed by atoms with Gasteiger partial charge in [0, 0.05) is 12.5 Å². The normalized spacial score (nSPS) is 14.8. The third-order valence-corrected chi connectivity index (χ3v) is 1.69. The molecular weight excluding hydrogens is 164 g/mol. The van der Waals surface area contributed by atoms with Crippen LogP contribution in [0.1, 0.15) is 34.6 Å². The Bertz CT molecular complexity index is 190. The van der Waals surface area contributed by atoms with Crippen molar-refractivity contribution in [3.63, 3.8) is 0 Å². The van der Waals surface area contributed by atoms with Crippen LogP contribution in [0.5, 0.6) is 0 Å². The Morgan fingerprint density at radius 2 is 1.69 bits per heavy atom. The zero-order valence-electron chi connectivity index (χ0n) is 9.64.